The van der Waals surface area contributed by atoms with Gasteiger partial charge in [0, 0.05) is 5.56 Å². The fourth-order valence-corrected chi connectivity index (χ4v) is 5.62. The van der Waals surface area contributed by atoms with E-state index >= 15 is 0 Å². The van der Waals surface area contributed by atoms with Gasteiger partial charge in [-0.1, -0.05) is 0 Å². The summed E-state index contributed by atoms with van der Waals surface area (Å²) in [7, 11) is -3.23. The lowest BCUT2D eigenvalue weighted by molar-refractivity contribution is -0.129. The first-order chi connectivity index (χ1) is 10.6. The number of rotatable bonds is 1. The molecule has 0 radical (unpaired) electrons. The SMILES string of the molecule is Cc1nn([C@H]2CCS(=O)(=O)C2)c2c1[C@@H](C(F)(F)F)SCC(=O)N2. The highest BCUT2D eigenvalue weighted by molar-refractivity contribution is 8.00. The zero-order valence-corrected chi connectivity index (χ0v) is 13.7. The molecular formula is C12H14F3N3O3S2. The van der Waals surface area contributed by atoms with Gasteiger partial charge in [-0.05, 0) is 13.3 Å². The van der Waals surface area contributed by atoms with Crippen molar-refractivity contribution in [3.8, 4) is 0 Å². The van der Waals surface area contributed by atoms with Crippen LogP contribution < -0.4 is 5.32 Å². The second-order valence-corrected chi connectivity index (χ2v) is 8.95. The molecule has 0 unspecified atom stereocenters. The summed E-state index contributed by atoms with van der Waals surface area (Å²) in [5.41, 5.74) is 0.0685. The number of alkyl halides is 3. The second kappa shape index (κ2) is 5.40. The van der Waals surface area contributed by atoms with E-state index in [0.717, 1.165) is 0 Å². The van der Waals surface area contributed by atoms with Crippen LogP contribution in [-0.2, 0) is 14.6 Å². The molecule has 2 atom stereocenters. The Bertz CT molecular complexity index is 758. The maximum absolute atomic E-state index is 13.3. The van der Waals surface area contributed by atoms with Crippen LogP contribution in [0.5, 0.6) is 0 Å². The largest absolute Gasteiger partial charge is 0.404 e. The number of anilines is 1. The number of halogens is 3. The van der Waals surface area contributed by atoms with E-state index in [2.05, 4.69) is 10.4 Å². The molecule has 1 aromatic rings. The third-order valence-electron chi connectivity index (χ3n) is 3.88. The van der Waals surface area contributed by atoms with Gasteiger partial charge >= 0.3 is 6.18 Å². The zero-order chi connectivity index (χ0) is 17.0. The van der Waals surface area contributed by atoms with Crippen molar-refractivity contribution in [2.45, 2.75) is 30.8 Å². The van der Waals surface area contributed by atoms with E-state index in [-0.39, 0.29) is 40.8 Å². The van der Waals surface area contributed by atoms with Gasteiger partial charge in [0.15, 0.2) is 9.84 Å². The van der Waals surface area contributed by atoms with E-state index in [4.69, 9.17) is 0 Å². The minimum Gasteiger partial charge on any atom is -0.310 e. The monoisotopic (exact) mass is 369 g/mol. The normalized spacial score (nSPS) is 27.4. The molecule has 23 heavy (non-hydrogen) atoms. The van der Waals surface area contributed by atoms with Gasteiger partial charge in [0.25, 0.3) is 0 Å². The van der Waals surface area contributed by atoms with E-state index in [1.165, 1.54) is 11.6 Å². The van der Waals surface area contributed by atoms with Crippen molar-refractivity contribution in [3.05, 3.63) is 11.3 Å². The highest BCUT2D eigenvalue weighted by atomic mass is 32.2. The summed E-state index contributed by atoms with van der Waals surface area (Å²) in [6.45, 7) is 1.44. The van der Waals surface area contributed by atoms with Crippen LogP contribution in [0.1, 0.15) is 29.0 Å². The molecule has 0 saturated carbocycles. The average Bonchev–Trinajstić information content (AvgIpc) is 2.83. The van der Waals surface area contributed by atoms with E-state index in [1.807, 2.05) is 0 Å². The first-order valence-corrected chi connectivity index (χ1v) is 9.73. The highest BCUT2D eigenvalue weighted by Crippen LogP contribution is 2.49. The van der Waals surface area contributed by atoms with Gasteiger partial charge in [-0.2, -0.15) is 18.3 Å². The van der Waals surface area contributed by atoms with Gasteiger partial charge in [0.05, 0.1) is 29.0 Å². The predicted molar refractivity (Wildman–Crippen MR) is 79.2 cm³/mol. The van der Waals surface area contributed by atoms with Crippen LogP contribution in [0.4, 0.5) is 19.0 Å². The van der Waals surface area contributed by atoms with Crippen LogP contribution >= 0.6 is 11.8 Å². The standard InChI is InChI=1S/C12H14F3N3O3S2/c1-6-9-10(12(13,14)15)22-4-8(19)16-11(9)18(17-6)7-2-3-23(20,21)5-7/h7,10H,2-5H2,1H3,(H,16,19)/t7-,10-/m0/s1. The molecular weight excluding hydrogens is 355 g/mol. The zero-order valence-electron chi connectivity index (χ0n) is 12.1. The Morgan fingerprint density at radius 3 is 2.65 bits per heavy atom. The number of carbonyl (C=O) groups excluding carboxylic acids is 1. The molecule has 1 aromatic heterocycles. The summed E-state index contributed by atoms with van der Waals surface area (Å²) in [5.74, 6) is -1.11. The van der Waals surface area contributed by atoms with Gasteiger partial charge < -0.3 is 5.32 Å². The molecule has 0 bridgehead atoms. The summed E-state index contributed by atoms with van der Waals surface area (Å²) < 4.78 is 64.5. The minimum atomic E-state index is -4.52. The van der Waals surface area contributed by atoms with Crippen LogP contribution in [0.15, 0.2) is 0 Å². The molecule has 1 fully saturated rings. The topological polar surface area (TPSA) is 81.1 Å². The smallest absolute Gasteiger partial charge is 0.310 e. The lowest BCUT2D eigenvalue weighted by Gasteiger charge is -2.18. The summed E-state index contributed by atoms with van der Waals surface area (Å²) in [6, 6.07) is -0.556. The summed E-state index contributed by atoms with van der Waals surface area (Å²) in [6.07, 6.45) is -4.25. The number of carbonyl (C=O) groups is 1. The van der Waals surface area contributed by atoms with Gasteiger partial charge in [-0.3, -0.25) is 4.79 Å². The van der Waals surface area contributed by atoms with Crippen molar-refractivity contribution in [1.82, 2.24) is 9.78 Å². The number of nitrogens with one attached hydrogen (secondary N) is 1. The Balaban J connectivity index is 2.10. The van der Waals surface area contributed by atoms with Crippen LogP contribution in [0.2, 0.25) is 0 Å². The number of aromatic nitrogens is 2. The average molecular weight is 369 g/mol. The molecule has 128 valence electrons. The molecule has 3 rings (SSSR count). The molecule has 2 aliphatic rings. The van der Waals surface area contributed by atoms with Crippen molar-refractivity contribution in [2.75, 3.05) is 22.6 Å². The molecule has 1 saturated heterocycles. The molecule has 1 amide bonds. The maximum atomic E-state index is 13.3. The van der Waals surface area contributed by atoms with E-state index in [9.17, 15) is 26.4 Å². The lowest BCUT2D eigenvalue weighted by Crippen LogP contribution is -2.20. The number of nitrogens with zero attached hydrogens (tertiary/aromatic N) is 2. The summed E-state index contributed by atoms with van der Waals surface area (Å²) >= 11 is 0.503. The number of sulfone groups is 1. The van der Waals surface area contributed by atoms with Crippen LogP contribution in [0, 0.1) is 6.92 Å². The van der Waals surface area contributed by atoms with E-state index in [0.29, 0.717) is 11.8 Å². The van der Waals surface area contributed by atoms with Crippen molar-refractivity contribution >= 4 is 33.3 Å². The molecule has 0 aliphatic carbocycles. The Kier molecular flexibility index (Phi) is 3.90. The van der Waals surface area contributed by atoms with Gasteiger partial charge in [0.2, 0.25) is 5.91 Å². The van der Waals surface area contributed by atoms with E-state index < -0.39 is 33.2 Å². The Morgan fingerprint density at radius 2 is 2.09 bits per heavy atom. The third-order valence-corrected chi connectivity index (χ3v) is 6.90. The highest BCUT2D eigenvalue weighted by Gasteiger charge is 2.47. The Hall–Kier alpha value is -1.23. The predicted octanol–water partition coefficient (Wildman–Crippen LogP) is 1.84. The van der Waals surface area contributed by atoms with Crippen molar-refractivity contribution in [2.24, 2.45) is 0 Å². The Labute approximate surface area is 134 Å². The maximum Gasteiger partial charge on any atom is 0.404 e. The molecule has 0 aromatic carbocycles. The van der Waals surface area contributed by atoms with Crippen LogP contribution in [0.3, 0.4) is 0 Å². The third kappa shape index (κ3) is 3.08. The van der Waals surface area contributed by atoms with Crippen LogP contribution in [-0.4, -0.2) is 47.5 Å². The quantitative estimate of drug-likeness (QED) is 0.817. The molecule has 3 heterocycles. The summed E-state index contributed by atoms with van der Waals surface area (Å²) in [5, 5.41) is 4.71. The van der Waals surface area contributed by atoms with Crippen molar-refractivity contribution in [1.29, 1.82) is 0 Å². The van der Waals surface area contributed by atoms with Crippen molar-refractivity contribution < 1.29 is 26.4 Å². The fraction of sp³-hybridized carbons (Fsp3) is 0.667. The first-order valence-electron chi connectivity index (χ1n) is 6.86. The van der Waals surface area contributed by atoms with Gasteiger partial charge in [-0.25, -0.2) is 13.1 Å². The molecule has 2 aliphatic heterocycles. The Morgan fingerprint density at radius 1 is 1.39 bits per heavy atom. The molecule has 0 spiro atoms. The first kappa shape index (κ1) is 16.6. The second-order valence-electron chi connectivity index (χ2n) is 5.63. The van der Waals surface area contributed by atoms with E-state index in [1.54, 1.807) is 0 Å². The molecule has 6 nitrogen and oxygen atoms in total. The number of aryl methyl sites for hydroxylation is 1. The number of hydrogen-bond donors (Lipinski definition) is 1. The van der Waals surface area contributed by atoms with Gasteiger partial charge in [-0.15, -0.1) is 11.8 Å². The lowest BCUT2D eigenvalue weighted by atomic mass is 10.1. The molecule has 1 N–H and O–H groups in total. The van der Waals surface area contributed by atoms with Gasteiger partial charge in [0.1, 0.15) is 11.1 Å². The van der Waals surface area contributed by atoms with Crippen LogP contribution in [0.25, 0.3) is 0 Å². The number of thioether (sulfide) groups is 1. The number of fused-ring (bicyclic) bond motifs is 1. The summed E-state index contributed by atoms with van der Waals surface area (Å²) in [4.78, 5) is 11.8. The molecule has 11 heteroatoms. The number of amides is 1. The fourth-order valence-electron chi connectivity index (χ4n) is 2.90. The minimum absolute atomic E-state index is 0.0260. The number of hydrogen-bond acceptors (Lipinski definition) is 5. The van der Waals surface area contributed by atoms with Crippen molar-refractivity contribution in [3.63, 3.8) is 0 Å².